The van der Waals surface area contributed by atoms with Crippen LogP contribution in [0.4, 0.5) is 11.6 Å². The molecule has 0 unspecified atom stereocenters. The molecule has 68 valence electrons. The molecule has 4 heteroatoms. The van der Waals surface area contributed by atoms with Gasteiger partial charge in [0.1, 0.15) is 0 Å². The summed E-state index contributed by atoms with van der Waals surface area (Å²) >= 11 is 0. The number of anilines is 2. The van der Waals surface area contributed by atoms with Crippen molar-refractivity contribution >= 4 is 22.7 Å². The van der Waals surface area contributed by atoms with Crippen molar-refractivity contribution < 1.29 is 0 Å². The molecular formula is C9H12N4. The third-order valence-electron chi connectivity index (χ3n) is 2.20. The second-order valence-electron chi connectivity index (χ2n) is 2.98. The standard InChI is InChI=1S/C9H12N4/c1-11-6-3-4-8-7(5-6)12-9(10)13(8)2/h3-5,11H,1-2H3,(H2,10,12). The second-order valence-corrected chi connectivity index (χ2v) is 2.98. The largest absolute Gasteiger partial charge is 0.388 e. The molecule has 0 fully saturated rings. The highest BCUT2D eigenvalue weighted by Gasteiger charge is 2.03. The molecule has 2 aromatic rings. The maximum atomic E-state index is 5.68. The highest BCUT2D eigenvalue weighted by atomic mass is 15.1. The fourth-order valence-electron chi connectivity index (χ4n) is 1.37. The van der Waals surface area contributed by atoms with E-state index in [4.69, 9.17) is 5.73 Å². The first-order chi connectivity index (χ1) is 6.22. The molecule has 0 aliphatic carbocycles. The molecule has 0 aliphatic rings. The predicted octanol–water partition coefficient (Wildman–Crippen LogP) is 1.20. The zero-order valence-corrected chi connectivity index (χ0v) is 7.70. The highest BCUT2D eigenvalue weighted by Crippen LogP contribution is 2.19. The maximum Gasteiger partial charge on any atom is 0.200 e. The summed E-state index contributed by atoms with van der Waals surface area (Å²) in [5, 5.41) is 3.06. The maximum absolute atomic E-state index is 5.68. The van der Waals surface area contributed by atoms with Gasteiger partial charge in [0, 0.05) is 19.8 Å². The van der Waals surface area contributed by atoms with Crippen molar-refractivity contribution in [3.8, 4) is 0 Å². The number of nitrogens with one attached hydrogen (secondary N) is 1. The molecule has 0 amide bonds. The summed E-state index contributed by atoms with van der Waals surface area (Å²) in [7, 11) is 3.79. The summed E-state index contributed by atoms with van der Waals surface area (Å²) in [5.41, 5.74) is 8.70. The molecule has 13 heavy (non-hydrogen) atoms. The van der Waals surface area contributed by atoms with Crippen LogP contribution in [-0.2, 0) is 7.05 Å². The minimum absolute atomic E-state index is 0.545. The third-order valence-corrected chi connectivity index (χ3v) is 2.20. The zero-order chi connectivity index (χ0) is 9.42. The van der Waals surface area contributed by atoms with Gasteiger partial charge >= 0.3 is 0 Å². The van der Waals surface area contributed by atoms with Gasteiger partial charge in [-0.1, -0.05) is 0 Å². The summed E-state index contributed by atoms with van der Waals surface area (Å²) in [6.07, 6.45) is 0. The lowest BCUT2D eigenvalue weighted by Crippen LogP contribution is -1.95. The van der Waals surface area contributed by atoms with Crippen LogP contribution >= 0.6 is 0 Å². The Morgan fingerprint density at radius 2 is 2.23 bits per heavy atom. The molecule has 0 saturated carbocycles. The Kier molecular flexibility index (Phi) is 1.62. The van der Waals surface area contributed by atoms with Crippen molar-refractivity contribution in [3.05, 3.63) is 18.2 Å². The van der Waals surface area contributed by atoms with E-state index in [2.05, 4.69) is 10.3 Å². The molecule has 0 bridgehead atoms. The van der Waals surface area contributed by atoms with Crippen LogP contribution in [0, 0.1) is 0 Å². The predicted molar refractivity (Wildman–Crippen MR) is 54.7 cm³/mol. The summed E-state index contributed by atoms with van der Waals surface area (Å²) in [5.74, 6) is 0.545. The number of nitrogen functional groups attached to an aromatic ring is 1. The molecule has 1 aromatic carbocycles. The summed E-state index contributed by atoms with van der Waals surface area (Å²) in [4.78, 5) is 4.22. The number of hydrogen-bond donors (Lipinski definition) is 2. The Hall–Kier alpha value is -1.71. The van der Waals surface area contributed by atoms with E-state index in [9.17, 15) is 0 Å². The van der Waals surface area contributed by atoms with Gasteiger partial charge in [-0.2, -0.15) is 0 Å². The van der Waals surface area contributed by atoms with Crippen molar-refractivity contribution in [2.45, 2.75) is 0 Å². The lowest BCUT2D eigenvalue weighted by atomic mass is 10.3. The smallest absolute Gasteiger partial charge is 0.200 e. The topological polar surface area (TPSA) is 55.9 Å². The summed E-state index contributed by atoms with van der Waals surface area (Å²) in [6, 6.07) is 5.99. The van der Waals surface area contributed by atoms with Crippen LogP contribution in [0.1, 0.15) is 0 Å². The molecule has 2 rings (SSSR count). The Labute approximate surface area is 76.4 Å². The van der Waals surface area contributed by atoms with Crippen molar-refractivity contribution in [1.29, 1.82) is 0 Å². The van der Waals surface area contributed by atoms with Crippen LogP contribution in [0.25, 0.3) is 11.0 Å². The van der Waals surface area contributed by atoms with E-state index in [-0.39, 0.29) is 0 Å². The third kappa shape index (κ3) is 1.11. The van der Waals surface area contributed by atoms with Gasteiger partial charge in [0.25, 0.3) is 0 Å². The molecule has 0 saturated heterocycles. The monoisotopic (exact) mass is 176 g/mol. The van der Waals surface area contributed by atoms with Gasteiger partial charge in [-0.15, -0.1) is 0 Å². The minimum Gasteiger partial charge on any atom is -0.388 e. The summed E-state index contributed by atoms with van der Waals surface area (Å²) in [6.45, 7) is 0. The van der Waals surface area contributed by atoms with Gasteiger partial charge in [-0.3, -0.25) is 0 Å². The number of nitrogens with two attached hydrogens (primary N) is 1. The Morgan fingerprint density at radius 3 is 2.92 bits per heavy atom. The van der Waals surface area contributed by atoms with Crippen molar-refractivity contribution in [2.75, 3.05) is 18.1 Å². The van der Waals surface area contributed by atoms with E-state index in [0.29, 0.717) is 5.95 Å². The normalized spacial score (nSPS) is 10.6. The molecule has 1 heterocycles. The zero-order valence-electron chi connectivity index (χ0n) is 7.70. The molecule has 1 aromatic heterocycles. The average Bonchev–Trinajstić information content (AvgIpc) is 2.42. The molecule has 3 N–H and O–H groups in total. The number of aromatic nitrogens is 2. The van der Waals surface area contributed by atoms with Crippen molar-refractivity contribution in [1.82, 2.24) is 9.55 Å². The van der Waals surface area contributed by atoms with Gasteiger partial charge in [0.05, 0.1) is 11.0 Å². The van der Waals surface area contributed by atoms with E-state index in [0.717, 1.165) is 16.7 Å². The van der Waals surface area contributed by atoms with Crippen molar-refractivity contribution in [3.63, 3.8) is 0 Å². The SMILES string of the molecule is CNc1ccc2c(c1)nc(N)n2C. The molecule has 4 nitrogen and oxygen atoms in total. The number of rotatable bonds is 1. The van der Waals surface area contributed by atoms with Gasteiger partial charge in [-0.05, 0) is 18.2 Å². The van der Waals surface area contributed by atoms with Crippen LogP contribution in [-0.4, -0.2) is 16.6 Å². The van der Waals surface area contributed by atoms with Crippen LogP contribution in [0.3, 0.4) is 0 Å². The van der Waals surface area contributed by atoms with E-state index in [1.807, 2.05) is 36.9 Å². The first kappa shape index (κ1) is 7.91. The Bertz CT molecular complexity index is 444. The van der Waals surface area contributed by atoms with Gasteiger partial charge in [-0.25, -0.2) is 4.98 Å². The number of aryl methyl sites for hydroxylation is 1. The lowest BCUT2D eigenvalue weighted by molar-refractivity contribution is 0.965. The molecule has 0 atom stereocenters. The Morgan fingerprint density at radius 1 is 1.46 bits per heavy atom. The highest BCUT2D eigenvalue weighted by molar-refractivity contribution is 5.81. The molecular weight excluding hydrogens is 164 g/mol. The minimum atomic E-state index is 0.545. The fraction of sp³-hybridized carbons (Fsp3) is 0.222. The van der Waals surface area contributed by atoms with Crippen molar-refractivity contribution in [2.24, 2.45) is 7.05 Å². The van der Waals surface area contributed by atoms with E-state index >= 15 is 0 Å². The molecule has 0 radical (unpaired) electrons. The number of benzene rings is 1. The van der Waals surface area contributed by atoms with Gasteiger partial charge < -0.3 is 15.6 Å². The van der Waals surface area contributed by atoms with E-state index in [1.54, 1.807) is 0 Å². The number of fused-ring (bicyclic) bond motifs is 1. The Balaban J connectivity index is 2.73. The molecule has 0 spiro atoms. The van der Waals surface area contributed by atoms with E-state index < -0.39 is 0 Å². The first-order valence-electron chi connectivity index (χ1n) is 4.12. The first-order valence-corrected chi connectivity index (χ1v) is 4.12. The average molecular weight is 176 g/mol. The number of nitrogens with zero attached hydrogens (tertiary/aromatic N) is 2. The summed E-state index contributed by atoms with van der Waals surface area (Å²) < 4.78 is 1.87. The fourth-order valence-corrected chi connectivity index (χ4v) is 1.37. The van der Waals surface area contributed by atoms with Crippen LogP contribution in [0.15, 0.2) is 18.2 Å². The van der Waals surface area contributed by atoms with Crippen LogP contribution < -0.4 is 11.1 Å². The quantitative estimate of drug-likeness (QED) is 0.686. The number of hydrogen-bond acceptors (Lipinski definition) is 3. The van der Waals surface area contributed by atoms with E-state index in [1.165, 1.54) is 0 Å². The van der Waals surface area contributed by atoms with Crippen LogP contribution in [0.5, 0.6) is 0 Å². The van der Waals surface area contributed by atoms with Crippen LogP contribution in [0.2, 0.25) is 0 Å². The van der Waals surface area contributed by atoms with Gasteiger partial charge in [0.2, 0.25) is 5.95 Å². The lowest BCUT2D eigenvalue weighted by Gasteiger charge is -1.99. The molecule has 0 aliphatic heterocycles. The number of imidazole rings is 1. The second kappa shape index (κ2) is 2.65. The van der Waals surface area contributed by atoms with Gasteiger partial charge in [0.15, 0.2) is 0 Å².